The first-order valence-electron chi connectivity index (χ1n) is 8.67. The van der Waals surface area contributed by atoms with E-state index in [0.717, 1.165) is 29.8 Å². The highest BCUT2D eigenvalue weighted by Gasteiger charge is 2.23. The number of nitrogen functional groups attached to an aromatic ring is 1. The topological polar surface area (TPSA) is 119 Å². The zero-order chi connectivity index (χ0) is 19.0. The van der Waals surface area contributed by atoms with Crippen LogP contribution in [0.5, 0.6) is 0 Å². The summed E-state index contributed by atoms with van der Waals surface area (Å²) in [5, 5.41) is 14.0. The Balaban J connectivity index is 1.67. The molecule has 0 unspecified atom stereocenters. The minimum absolute atomic E-state index is 0.463. The molecule has 1 aromatic carbocycles. The minimum atomic E-state index is -0.522. The first kappa shape index (κ1) is 17.0. The average molecular weight is 367 g/mol. The summed E-state index contributed by atoms with van der Waals surface area (Å²) < 4.78 is 6.25. The molecule has 140 valence electrons. The number of amides is 1. The van der Waals surface area contributed by atoms with E-state index in [1.165, 1.54) is 7.11 Å². The zero-order valence-electron chi connectivity index (χ0n) is 15.1. The monoisotopic (exact) mass is 367 g/mol. The van der Waals surface area contributed by atoms with E-state index in [0.29, 0.717) is 29.0 Å². The van der Waals surface area contributed by atoms with E-state index in [1.54, 1.807) is 10.7 Å². The highest BCUT2D eigenvalue weighted by molar-refractivity contribution is 5.86. The van der Waals surface area contributed by atoms with Gasteiger partial charge < -0.3 is 21.1 Å². The van der Waals surface area contributed by atoms with Gasteiger partial charge in [-0.2, -0.15) is 4.52 Å². The van der Waals surface area contributed by atoms with Crippen molar-refractivity contribution in [2.75, 3.05) is 28.8 Å². The van der Waals surface area contributed by atoms with Gasteiger partial charge in [-0.25, -0.2) is 9.78 Å². The van der Waals surface area contributed by atoms with Crippen LogP contribution in [0.1, 0.15) is 18.4 Å². The lowest BCUT2D eigenvalue weighted by Gasteiger charge is -2.14. The number of aromatic nitrogens is 3. The first-order chi connectivity index (χ1) is 13.0. The molecule has 1 aliphatic rings. The zero-order valence-corrected chi connectivity index (χ0v) is 15.1. The molecule has 1 aliphatic carbocycles. The van der Waals surface area contributed by atoms with Crippen molar-refractivity contribution < 1.29 is 9.53 Å². The van der Waals surface area contributed by atoms with Gasteiger partial charge in [-0.1, -0.05) is 6.07 Å². The maximum absolute atomic E-state index is 11.4. The summed E-state index contributed by atoms with van der Waals surface area (Å²) in [4.78, 5) is 15.8. The summed E-state index contributed by atoms with van der Waals surface area (Å²) >= 11 is 0. The summed E-state index contributed by atoms with van der Waals surface area (Å²) in [5.41, 5.74) is 10.0. The number of aryl methyl sites for hydroxylation is 1. The third-order valence-corrected chi connectivity index (χ3v) is 4.36. The van der Waals surface area contributed by atoms with Gasteiger partial charge in [-0.05, 0) is 37.5 Å². The summed E-state index contributed by atoms with van der Waals surface area (Å²) in [6.07, 6.45) is 3.37. The van der Waals surface area contributed by atoms with Crippen LogP contribution < -0.4 is 21.7 Å². The van der Waals surface area contributed by atoms with Crippen LogP contribution >= 0.6 is 0 Å². The predicted octanol–water partition coefficient (Wildman–Crippen LogP) is 3.12. The summed E-state index contributed by atoms with van der Waals surface area (Å²) in [6.45, 7) is 1.97. The highest BCUT2D eigenvalue weighted by atomic mass is 16.5. The normalized spacial score (nSPS) is 13.4. The van der Waals surface area contributed by atoms with Gasteiger partial charge in [-0.15, -0.1) is 5.10 Å². The van der Waals surface area contributed by atoms with E-state index < -0.39 is 6.09 Å². The van der Waals surface area contributed by atoms with Crippen molar-refractivity contribution >= 4 is 40.4 Å². The molecule has 0 aliphatic heterocycles. The van der Waals surface area contributed by atoms with Crippen molar-refractivity contribution in [3.8, 4) is 0 Å². The van der Waals surface area contributed by atoms with Gasteiger partial charge in [0.2, 0.25) is 0 Å². The molecule has 9 nitrogen and oxygen atoms in total. The molecule has 0 radical (unpaired) electrons. The van der Waals surface area contributed by atoms with E-state index in [2.05, 4.69) is 30.8 Å². The number of imidazole rings is 1. The number of ether oxygens (including phenoxy) is 1. The Morgan fingerprint density at radius 3 is 2.85 bits per heavy atom. The van der Waals surface area contributed by atoms with E-state index in [1.807, 2.05) is 31.2 Å². The third kappa shape index (κ3) is 3.57. The molecule has 4 rings (SSSR count). The number of hydrogen-bond donors (Lipinski definition) is 4. The van der Waals surface area contributed by atoms with Crippen LogP contribution in [0.4, 0.5) is 33.5 Å². The first-order valence-corrected chi connectivity index (χ1v) is 8.67. The van der Waals surface area contributed by atoms with Crippen molar-refractivity contribution in [2.24, 2.45) is 0 Å². The average Bonchev–Trinajstić information content (AvgIpc) is 3.39. The lowest BCUT2D eigenvalue weighted by molar-refractivity contribution is 0.187. The van der Waals surface area contributed by atoms with E-state index in [4.69, 9.17) is 5.73 Å². The van der Waals surface area contributed by atoms with Crippen molar-refractivity contribution in [3.63, 3.8) is 0 Å². The Morgan fingerprint density at radius 2 is 2.11 bits per heavy atom. The van der Waals surface area contributed by atoms with Crippen molar-refractivity contribution in [2.45, 2.75) is 25.8 Å². The molecule has 2 heterocycles. The fraction of sp³-hybridized carbons (Fsp3) is 0.278. The molecular weight excluding hydrogens is 346 g/mol. The smallest absolute Gasteiger partial charge is 0.411 e. The molecule has 9 heteroatoms. The molecule has 0 spiro atoms. The molecule has 0 bridgehead atoms. The van der Waals surface area contributed by atoms with Crippen molar-refractivity contribution in [1.29, 1.82) is 0 Å². The summed E-state index contributed by atoms with van der Waals surface area (Å²) in [6, 6.07) is 7.92. The number of carbonyl (C=O) groups is 1. The second kappa shape index (κ2) is 6.67. The molecule has 27 heavy (non-hydrogen) atoms. The van der Waals surface area contributed by atoms with Crippen LogP contribution in [-0.2, 0) is 4.74 Å². The Bertz CT molecular complexity index is 1010. The van der Waals surface area contributed by atoms with Gasteiger partial charge in [0.25, 0.3) is 0 Å². The number of nitrogens with zero attached hydrogens (tertiary/aromatic N) is 3. The lowest BCUT2D eigenvalue weighted by Crippen LogP contribution is -2.11. The van der Waals surface area contributed by atoms with Crippen LogP contribution in [-0.4, -0.2) is 33.8 Å². The maximum atomic E-state index is 11.4. The molecular formula is C18H21N7O2. The van der Waals surface area contributed by atoms with Crippen LogP contribution in [0.25, 0.3) is 5.65 Å². The van der Waals surface area contributed by atoms with Gasteiger partial charge in [0, 0.05) is 23.5 Å². The fourth-order valence-electron chi connectivity index (χ4n) is 2.74. The molecule has 1 saturated carbocycles. The Morgan fingerprint density at radius 1 is 1.30 bits per heavy atom. The third-order valence-electron chi connectivity index (χ3n) is 4.36. The van der Waals surface area contributed by atoms with Crippen molar-refractivity contribution in [3.05, 3.63) is 36.0 Å². The second-order valence-electron chi connectivity index (χ2n) is 6.55. The number of nitrogens with one attached hydrogen (secondary N) is 3. The van der Waals surface area contributed by atoms with E-state index in [9.17, 15) is 4.79 Å². The number of fused-ring (bicyclic) bond motifs is 1. The molecule has 1 amide bonds. The number of methoxy groups -OCH3 is 1. The van der Waals surface area contributed by atoms with Crippen LogP contribution in [0.15, 0.2) is 30.5 Å². The van der Waals surface area contributed by atoms with Gasteiger partial charge in [0.15, 0.2) is 11.5 Å². The fourth-order valence-corrected chi connectivity index (χ4v) is 2.74. The second-order valence-corrected chi connectivity index (χ2v) is 6.55. The van der Waals surface area contributed by atoms with Gasteiger partial charge in [-0.3, -0.25) is 5.32 Å². The Labute approximate surface area is 155 Å². The van der Waals surface area contributed by atoms with Gasteiger partial charge >= 0.3 is 6.09 Å². The molecule has 2 aromatic heterocycles. The molecule has 1 fully saturated rings. The quantitative estimate of drug-likeness (QED) is 0.547. The van der Waals surface area contributed by atoms with Crippen molar-refractivity contribution in [1.82, 2.24) is 14.6 Å². The Hall–Kier alpha value is -3.49. The number of nitrogens with two attached hydrogens (primary N) is 1. The van der Waals surface area contributed by atoms with Crippen LogP contribution in [0, 0.1) is 6.92 Å². The molecule has 3 aromatic rings. The molecule has 0 saturated heterocycles. The highest BCUT2D eigenvalue weighted by Crippen LogP contribution is 2.30. The number of benzene rings is 1. The minimum Gasteiger partial charge on any atom is -0.453 e. The largest absolute Gasteiger partial charge is 0.453 e. The number of carbonyl (C=O) groups excluding carboxylic acids is 1. The van der Waals surface area contributed by atoms with Crippen LogP contribution in [0.2, 0.25) is 0 Å². The summed E-state index contributed by atoms with van der Waals surface area (Å²) in [7, 11) is 1.33. The summed E-state index contributed by atoms with van der Waals surface area (Å²) in [5.74, 6) is 1.08. The van der Waals surface area contributed by atoms with Gasteiger partial charge in [0.05, 0.1) is 19.0 Å². The van der Waals surface area contributed by atoms with Crippen LogP contribution in [0.3, 0.4) is 0 Å². The van der Waals surface area contributed by atoms with Gasteiger partial charge in [0.1, 0.15) is 5.82 Å². The Kier molecular flexibility index (Phi) is 4.19. The number of anilines is 5. The number of rotatable bonds is 5. The molecule has 0 atom stereocenters. The SMILES string of the molecule is COC(=O)Nc1ccc(C)c(Nc2cc(NC3CC3)c3ncc(N)n3n2)c1. The predicted molar refractivity (Wildman–Crippen MR) is 105 cm³/mol. The molecule has 5 N–H and O–H groups in total. The number of hydrogen-bond acceptors (Lipinski definition) is 7. The standard InChI is InChI=1S/C18H21N7O2/c1-10-3-4-12(22-18(26)27-2)7-13(10)23-16-8-14(21-11-5-6-11)17-20-9-15(19)25(17)24-16/h3-4,7-9,11,21H,5-6,19H2,1-2H3,(H,22,26)(H,23,24). The maximum Gasteiger partial charge on any atom is 0.411 e. The lowest BCUT2D eigenvalue weighted by atomic mass is 10.2. The van der Waals surface area contributed by atoms with E-state index in [-0.39, 0.29) is 0 Å². The van der Waals surface area contributed by atoms with E-state index >= 15 is 0 Å².